The van der Waals surface area contributed by atoms with Gasteiger partial charge in [-0.15, -0.1) is 4.91 Å². The molecule has 0 amide bonds. The Bertz CT molecular complexity index is 147. The van der Waals surface area contributed by atoms with Gasteiger partial charge in [0.1, 0.15) is 6.23 Å². The van der Waals surface area contributed by atoms with E-state index in [4.69, 9.17) is 4.74 Å². The molecule has 0 N–H and O–H groups in total. The maximum atomic E-state index is 10.2. The first-order chi connectivity index (χ1) is 4.58. The quantitative estimate of drug-likeness (QED) is 0.518. The van der Waals surface area contributed by atoms with Crippen molar-refractivity contribution in [2.75, 3.05) is 6.61 Å². The van der Waals surface area contributed by atoms with Crippen molar-refractivity contribution < 1.29 is 4.74 Å². The van der Waals surface area contributed by atoms with Gasteiger partial charge < -0.3 is 4.74 Å². The standard InChI is InChI=1S/C6H12N2O2/c1-5-8(7-9)6(2,3)4-10-5/h5H,4H2,1-3H3. The average molecular weight is 144 g/mol. The molecule has 0 spiro atoms. The van der Waals surface area contributed by atoms with Gasteiger partial charge in [0.25, 0.3) is 0 Å². The Hall–Kier alpha value is -0.640. The lowest BCUT2D eigenvalue weighted by molar-refractivity contribution is 0.0412. The maximum absolute atomic E-state index is 10.2. The van der Waals surface area contributed by atoms with Gasteiger partial charge in [0.2, 0.25) is 0 Å². The van der Waals surface area contributed by atoms with Gasteiger partial charge in [-0.25, -0.2) is 5.01 Å². The molecular weight excluding hydrogens is 132 g/mol. The predicted octanol–water partition coefficient (Wildman–Crippen LogP) is 1.12. The zero-order valence-corrected chi connectivity index (χ0v) is 6.50. The minimum absolute atomic E-state index is 0.174. The fourth-order valence-corrected chi connectivity index (χ4v) is 1.13. The van der Waals surface area contributed by atoms with Crippen molar-refractivity contribution in [3.63, 3.8) is 0 Å². The summed E-state index contributed by atoms with van der Waals surface area (Å²) in [4.78, 5) is 10.2. The van der Waals surface area contributed by atoms with Gasteiger partial charge in [0.15, 0.2) is 0 Å². The molecule has 0 bridgehead atoms. The van der Waals surface area contributed by atoms with Crippen molar-refractivity contribution in [1.29, 1.82) is 0 Å². The average Bonchev–Trinajstić information content (AvgIpc) is 2.07. The first-order valence-electron chi connectivity index (χ1n) is 3.32. The van der Waals surface area contributed by atoms with E-state index >= 15 is 0 Å². The van der Waals surface area contributed by atoms with Gasteiger partial charge >= 0.3 is 0 Å². The highest BCUT2D eigenvalue weighted by Gasteiger charge is 2.38. The first-order valence-corrected chi connectivity index (χ1v) is 3.32. The van der Waals surface area contributed by atoms with Crippen LogP contribution in [0, 0.1) is 4.91 Å². The largest absolute Gasteiger partial charge is 0.355 e. The lowest BCUT2D eigenvalue weighted by atomic mass is 10.1. The minimum Gasteiger partial charge on any atom is -0.355 e. The zero-order chi connectivity index (χ0) is 7.78. The van der Waals surface area contributed by atoms with Crippen LogP contribution in [0.25, 0.3) is 0 Å². The van der Waals surface area contributed by atoms with E-state index in [2.05, 4.69) is 5.29 Å². The highest BCUT2D eigenvalue weighted by molar-refractivity contribution is 4.84. The molecule has 0 radical (unpaired) electrons. The van der Waals surface area contributed by atoms with Crippen molar-refractivity contribution in [3.05, 3.63) is 4.91 Å². The summed E-state index contributed by atoms with van der Waals surface area (Å²) in [5.41, 5.74) is -0.235. The Labute approximate surface area is 60.1 Å². The fourth-order valence-electron chi connectivity index (χ4n) is 1.13. The SMILES string of the molecule is CC1OCC(C)(C)N1N=O. The van der Waals surface area contributed by atoms with E-state index in [1.165, 1.54) is 5.01 Å². The smallest absolute Gasteiger partial charge is 0.146 e. The molecule has 1 unspecified atom stereocenters. The summed E-state index contributed by atoms with van der Waals surface area (Å²) >= 11 is 0. The van der Waals surface area contributed by atoms with E-state index in [0.29, 0.717) is 6.61 Å². The summed E-state index contributed by atoms with van der Waals surface area (Å²) in [6.45, 7) is 6.24. The molecule has 0 saturated carbocycles. The predicted molar refractivity (Wildman–Crippen MR) is 37.1 cm³/mol. The van der Waals surface area contributed by atoms with Gasteiger partial charge in [-0.3, -0.25) is 0 Å². The second-order valence-electron chi connectivity index (χ2n) is 3.15. The molecule has 1 aliphatic heterocycles. The Morgan fingerprint density at radius 2 is 2.30 bits per heavy atom. The zero-order valence-electron chi connectivity index (χ0n) is 6.50. The van der Waals surface area contributed by atoms with Crippen LogP contribution in [0.2, 0.25) is 0 Å². The number of rotatable bonds is 1. The van der Waals surface area contributed by atoms with Gasteiger partial charge in [-0.2, -0.15) is 0 Å². The Morgan fingerprint density at radius 3 is 2.50 bits per heavy atom. The van der Waals surface area contributed by atoms with Crippen molar-refractivity contribution in [3.8, 4) is 0 Å². The summed E-state index contributed by atoms with van der Waals surface area (Å²) in [6, 6.07) is 0. The first kappa shape index (κ1) is 7.47. The summed E-state index contributed by atoms with van der Waals surface area (Å²) in [7, 11) is 0. The van der Waals surface area contributed by atoms with E-state index in [1.807, 2.05) is 20.8 Å². The van der Waals surface area contributed by atoms with Crippen LogP contribution in [0.4, 0.5) is 0 Å². The second-order valence-corrected chi connectivity index (χ2v) is 3.15. The number of nitrogens with zero attached hydrogens (tertiary/aromatic N) is 2. The third-order valence-electron chi connectivity index (χ3n) is 1.73. The van der Waals surface area contributed by atoms with E-state index in [0.717, 1.165) is 0 Å². The Morgan fingerprint density at radius 1 is 1.70 bits per heavy atom. The lowest BCUT2D eigenvalue weighted by Crippen LogP contribution is -2.38. The molecule has 1 heterocycles. The van der Waals surface area contributed by atoms with Crippen LogP contribution in [-0.4, -0.2) is 23.4 Å². The second kappa shape index (κ2) is 2.20. The molecular formula is C6H12N2O2. The molecule has 1 aliphatic rings. The van der Waals surface area contributed by atoms with Gasteiger partial charge in [0.05, 0.1) is 17.4 Å². The van der Waals surface area contributed by atoms with Crippen molar-refractivity contribution in [1.82, 2.24) is 5.01 Å². The molecule has 1 rings (SSSR count). The minimum atomic E-state index is -0.235. The fraction of sp³-hybridized carbons (Fsp3) is 1.00. The summed E-state index contributed by atoms with van der Waals surface area (Å²) in [5.74, 6) is 0. The van der Waals surface area contributed by atoms with E-state index < -0.39 is 0 Å². The Kier molecular flexibility index (Phi) is 1.64. The maximum Gasteiger partial charge on any atom is 0.146 e. The van der Waals surface area contributed by atoms with Crippen LogP contribution in [-0.2, 0) is 4.74 Å². The molecule has 0 aliphatic carbocycles. The lowest BCUT2D eigenvalue weighted by Gasteiger charge is -2.24. The summed E-state index contributed by atoms with van der Waals surface area (Å²) in [6.07, 6.45) is -0.174. The monoisotopic (exact) mass is 144 g/mol. The molecule has 0 aromatic rings. The van der Waals surface area contributed by atoms with Crippen molar-refractivity contribution >= 4 is 0 Å². The molecule has 1 saturated heterocycles. The number of hydrogen-bond acceptors (Lipinski definition) is 3. The molecule has 1 atom stereocenters. The normalized spacial score (nSPS) is 30.7. The topological polar surface area (TPSA) is 41.9 Å². The van der Waals surface area contributed by atoms with Crippen LogP contribution in [0.5, 0.6) is 0 Å². The molecule has 0 aromatic carbocycles. The third kappa shape index (κ3) is 0.988. The molecule has 58 valence electrons. The Balaban J connectivity index is 2.72. The van der Waals surface area contributed by atoms with Crippen LogP contribution >= 0.6 is 0 Å². The number of ether oxygens (including phenoxy) is 1. The number of nitroso groups, excluding NO2 is 1. The molecule has 4 nitrogen and oxygen atoms in total. The highest BCUT2D eigenvalue weighted by atomic mass is 16.5. The molecule has 4 heteroatoms. The van der Waals surface area contributed by atoms with Crippen LogP contribution < -0.4 is 0 Å². The molecule has 1 fully saturated rings. The van der Waals surface area contributed by atoms with Crippen molar-refractivity contribution in [2.24, 2.45) is 5.29 Å². The van der Waals surface area contributed by atoms with Gasteiger partial charge in [0, 0.05) is 0 Å². The van der Waals surface area contributed by atoms with E-state index in [1.54, 1.807) is 0 Å². The van der Waals surface area contributed by atoms with Gasteiger partial charge in [-0.1, -0.05) is 0 Å². The summed E-state index contributed by atoms with van der Waals surface area (Å²) in [5, 5.41) is 4.32. The van der Waals surface area contributed by atoms with E-state index in [9.17, 15) is 4.91 Å². The third-order valence-corrected chi connectivity index (χ3v) is 1.73. The van der Waals surface area contributed by atoms with Gasteiger partial charge in [-0.05, 0) is 20.8 Å². The van der Waals surface area contributed by atoms with Crippen LogP contribution in [0.15, 0.2) is 5.29 Å². The molecule has 0 aromatic heterocycles. The summed E-state index contributed by atoms with van der Waals surface area (Å²) < 4.78 is 5.20. The van der Waals surface area contributed by atoms with Crippen molar-refractivity contribution in [2.45, 2.75) is 32.5 Å². The molecule has 10 heavy (non-hydrogen) atoms. The van der Waals surface area contributed by atoms with Crippen LogP contribution in [0.1, 0.15) is 20.8 Å². The number of hydrogen-bond donors (Lipinski definition) is 0. The van der Waals surface area contributed by atoms with E-state index in [-0.39, 0.29) is 11.8 Å². The van der Waals surface area contributed by atoms with Crippen LogP contribution in [0.3, 0.4) is 0 Å². The highest BCUT2D eigenvalue weighted by Crippen LogP contribution is 2.26.